The molecule has 0 fully saturated rings. The van der Waals surface area contributed by atoms with Crippen molar-refractivity contribution in [2.75, 3.05) is 13.2 Å². The third-order valence-corrected chi connectivity index (χ3v) is 7.50. The maximum Gasteiger partial charge on any atom is 0.306 e. The van der Waals surface area contributed by atoms with Gasteiger partial charge in [-0.05, 0) is 44.9 Å². The highest BCUT2D eigenvalue weighted by atomic mass is 16.6. The fourth-order valence-corrected chi connectivity index (χ4v) is 4.82. The Labute approximate surface area is 253 Å². The van der Waals surface area contributed by atoms with Gasteiger partial charge in [-0.2, -0.15) is 0 Å². The molecule has 0 rings (SSSR count). The molecule has 0 aliphatic carbocycles. The van der Waals surface area contributed by atoms with Crippen molar-refractivity contribution in [2.24, 2.45) is 0 Å². The lowest BCUT2D eigenvalue weighted by atomic mass is 10.0. The lowest BCUT2D eigenvalue weighted by molar-refractivity contribution is -0.161. The van der Waals surface area contributed by atoms with E-state index in [2.05, 4.69) is 38.2 Å². The molecule has 0 aromatic rings. The second-order valence-corrected chi connectivity index (χ2v) is 11.6. The van der Waals surface area contributed by atoms with Crippen molar-refractivity contribution < 1.29 is 24.2 Å². The first-order valence-corrected chi connectivity index (χ1v) is 17.4. The number of rotatable bonds is 31. The van der Waals surface area contributed by atoms with E-state index in [1.165, 1.54) is 96.3 Å². The van der Waals surface area contributed by atoms with Crippen LogP contribution in [0, 0.1) is 0 Å². The van der Waals surface area contributed by atoms with E-state index >= 15 is 0 Å². The number of hydrogen-bond donors (Lipinski definition) is 1. The van der Waals surface area contributed by atoms with Crippen LogP contribution in [0.3, 0.4) is 0 Å². The van der Waals surface area contributed by atoms with Crippen molar-refractivity contribution >= 4 is 11.9 Å². The van der Waals surface area contributed by atoms with Crippen molar-refractivity contribution in [2.45, 2.75) is 180 Å². The zero-order valence-electron chi connectivity index (χ0n) is 27.1. The summed E-state index contributed by atoms with van der Waals surface area (Å²) in [6.07, 6.45) is 36.5. The number of unbranched alkanes of at least 4 members (excludes halogenated alkanes) is 19. The summed E-state index contributed by atoms with van der Waals surface area (Å²) < 4.78 is 10.5. The van der Waals surface area contributed by atoms with Crippen LogP contribution >= 0.6 is 0 Å². The van der Waals surface area contributed by atoms with E-state index in [4.69, 9.17) is 9.47 Å². The maximum atomic E-state index is 12.1. The molecule has 0 aromatic carbocycles. The van der Waals surface area contributed by atoms with Crippen molar-refractivity contribution in [1.82, 2.24) is 0 Å². The molecular formula is C36H66O5. The van der Waals surface area contributed by atoms with Crippen LogP contribution in [0.1, 0.15) is 174 Å². The minimum atomic E-state index is -0.772. The molecule has 0 heterocycles. The van der Waals surface area contributed by atoms with Gasteiger partial charge in [-0.15, -0.1) is 0 Å². The Kier molecular flexibility index (Phi) is 31.6. The molecule has 240 valence electrons. The molecule has 0 radical (unpaired) electrons. The average molecular weight is 579 g/mol. The second-order valence-electron chi connectivity index (χ2n) is 11.6. The molecular weight excluding hydrogens is 512 g/mol. The van der Waals surface area contributed by atoms with Crippen LogP contribution in [0.4, 0.5) is 0 Å². The van der Waals surface area contributed by atoms with Gasteiger partial charge >= 0.3 is 11.9 Å². The zero-order chi connectivity index (χ0) is 30.1. The SMILES string of the molecule is CCCCC/C=C\C/C=C\CCCCCCCC(=O)OC(CO)COC(=O)CCCCCCCCCCCCCC. The topological polar surface area (TPSA) is 72.8 Å². The van der Waals surface area contributed by atoms with E-state index < -0.39 is 6.10 Å². The Hall–Kier alpha value is -1.62. The Morgan fingerprint density at radius 3 is 1.49 bits per heavy atom. The number of aliphatic hydroxyl groups is 1. The van der Waals surface area contributed by atoms with Gasteiger partial charge in [-0.25, -0.2) is 0 Å². The van der Waals surface area contributed by atoms with Crippen LogP contribution in [-0.2, 0) is 19.1 Å². The fourth-order valence-electron chi connectivity index (χ4n) is 4.82. The minimum Gasteiger partial charge on any atom is -0.462 e. The molecule has 5 nitrogen and oxygen atoms in total. The Morgan fingerprint density at radius 2 is 0.976 bits per heavy atom. The largest absolute Gasteiger partial charge is 0.462 e. The van der Waals surface area contributed by atoms with Gasteiger partial charge in [0, 0.05) is 12.8 Å². The first kappa shape index (κ1) is 39.4. The van der Waals surface area contributed by atoms with E-state index in [-0.39, 0.29) is 25.2 Å². The van der Waals surface area contributed by atoms with Crippen LogP contribution in [-0.4, -0.2) is 36.4 Å². The number of hydrogen-bond acceptors (Lipinski definition) is 5. The lowest BCUT2D eigenvalue weighted by Gasteiger charge is -2.15. The van der Waals surface area contributed by atoms with Gasteiger partial charge in [0.25, 0.3) is 0 Å². The summed E-state index contributed by atoms with van der Waals surface area (Å²) in [5, 5.41) is 9.50. The highest BCUT2D eigenvalue weighted by Crippen LogP contribution is 2.13. The number of aliphatic hydroxyl groups excluding tert-OH is 1. The van der Waals surface area contributed by atoms with Crippen LogP contribution < -0.4 is 0 Å². The Bertz CT molecular complexity index is 627. The summed E-state index contributed by atoms with van der Waals surface area (Å²) in [7, 11) is 0. The first-order valence-electron chi connectivity index (χ1n) is 17.4. The van der Waals surface area contributed by atoms with Gasteiger partial charge in [0.2, 0.25) is 0 Å². The van der Waals surface area contributed by atoms with Crippen LogP contribution in [0.2, 0.25) is 0 Å². The molecule has 0 amide bonds. The van der Waals surface area contributed by atoms with E-state index in [0.29, 0.717) is 12.8 Å². The van der Waals surface area contributed by atoms with E-state index in [0.717, 1.165) is 51.4 Å². The number of allylic oxidation sites excluding steroid dienone is 4. The highest BCUT2D eigenvalue weighted by Gasteiger charge is 2.16. The summed E-state index contributed by atoms with van der Waals surface area (Å²) in [5.74, 6) is -0.605. The van der Waals surface area contributed by atoms with Crippen molar-refractivity contribution in [3.63, 3.8) is 0 Å². The molecule has 0 bridgehead atoms. The Morgan fingerprint density at radius 1 is 0.561 bits per heavy atom. The minimum absolute atomic E-state index is 0.0680. The molecule has 5 heteroatoms. The number of carbonyl (C=O) groups excluding carboxylic acids is 2. The first-order chi connectivity index (χ1) is 20.1. The molecule has 0 saturated carbocycles. The number of esters is 2. The Balaban J connectivity index is 3.60. The quantitative estimate of drug-likeness (QED) is 0.0503. The zero-order valence-corrected chi connectivity index (χ0v) is 27.1. The molecule has 0 aliphatic heterocycles. The fraction of sp³-hybridized carbons (Fsp3) is 0.833. The lowest BCUT2D eigenvalue weighted by Crippen LogP contribution is -2.28. The van der Waals surface area contributed by atoms with Crippen molar-refractivity contribution in [3.8, 4) is 0 Å². The van der Waals surface area contributed by atoms with E-state index in [1.54, 1.807) is 0 Å². The van der Waals surface area contributed by atoms with E-state index in [1.807, 2.05) is 0 Å². The summed E-state index contributed by atoms with van der Waals surface area (Å²) in [5.41, 5.74) is 0. The van der Waals surface area contributed by atoms with Crippen LogP contribution in [0.15, 0.2) is 24.3 Å². The number of ether oxygens (including phenoxy) is 2. The van der Waals surface area contributed by atoms with Crippen LogP contribution in [0.25, 0.3) is 0 Å². The normalized spacial score (nSPS) is 12.4. The second kappa shape index (κ2) is 32.9. The summed E-state index contributed by atoms with van der Waals surface area (Å²) >= 11 is 0. The van der Waals surface area contributed by atoms with E-state index in [9.17, 15) is 14.7 Å². The molecule has 0 saturated heterocycles. The van der Waals surface area contributed by atoms with Gasteiger partial charge in [0.05, 0.1) is 6.61 Å². The maximum absolute atomic E-state index is 12.1. The third-order valence-electron chi connectivity index (χ3n) is 7.50. The summed E-state index contributed by atoms with van der Waals surface area (Å²) in [6.45, 7) is 4.09. The van der Waals surface area contributed by atoms with Gasteiger partial charge in [-0.1, -0.05) is 141 Å². The monoisotopic (exact) mass is 578 g/mol. The summed E-state index contributed by atoms with van der Waals surface area (Å²) in [4.78, 5) is 24.1. The average Bonchev–Trinajstić information content (AvgIpc) is 2.97. The molecule has 41 heavy (non-hydrogen) atoms. The van der Waals surface area contributed by atoms with Gasteiger partial charge < -0.3 is 14.6 Å². The molecule has 1 unspecified atom stereocenters. The molecule has 1 N–H and O–H groups in total. The molecule has 1 atom stereocenters. The number of carbonyl (C=O) groups is 2. The highest BCUT2D eigenvalue weighted by molar-refractivity contribution is 5.70. The smallest absolute Gasteiger partial charge is 0.306 e. The molecule has 0 aliphatic rings. The predicted octanol–water partition coefficient (Wildman–Crippen LogP) is 10.3. The summed E-state index contributed by atoms with van der Waals surface area (Å²) in [6, 6.07) is 0. The standard InChI is InChI=1S/C36H66O5/c1-3-5-7-9-11-13-15-17-18-19-21-23-25-27-29-31-36(39)41-34(32-37)33-40-35(38)30-28-26-24-22-20-16-14-12-10-8-6-4-2/h11,13,17-18,34,37H,3-10,12,14-16,19-33H2,1-2H3/b13-11-,18-17-. The third kappa shape index (κ3) is 31.2. The van der Waals surface area contributed by atoms with Crippen LogP contribution in [0.5, 0.6) is 0 Å². The van der Waals surface area contributed by atoms with Crippen molar-refractivity contribution in [3.05, 3.63) is 24.3 Å². The van der Waals surface area contributed by atoms with Gasteiger partial charge in [0.1, 0.15) is 6.61 Å². The predicted molar refractivity (Wildman–Crippen MR) is 173 cm³/mol. The van der Waals surface area contributed by atoms with Crippen molar-refractivity contribution in [1.29, 1.82) is 0 Å². The molecule has 0 aromatic heterocycles. The van der Waals surface area contributed by atoms with Gasteiger partial charge in [-0.3, -0.25) is 9.59 Å². The van der Waals surface area contributed by atoms with Gasteiger partial charge in [0.15, 0.2) is 6.10 Å². The molecule has 0 spiro atoms.